The molecule has 19 heavy (non-hydrogen) atoms. The van der Waals surface area contributed by atoms with Crippen LogP contribution < -0.4 is 4.74 Å². The Hall–Kier alpha value is -1.02. The first kappa shape index (κ1) is 14.4. The maximum atomic E-state index is 11.3. The highest BCUT2D eigenvalue weighted by molar-refractivity contribution is 6.32. The Morgan fingerprint density at radius 3 is 2.84 bits per heavy atom. The van der Waals surface area contributed by atoms with Crippen molar-refractivity contribution in [3.63, 3.8) is 0 Å². The fourth-order valence-electron chi connectivity index (χ4n) is 2.71. The molecule has 0 aliphatic heterocycles. The number of halogens is 1. The van der Waals surface area contributed by atoms with Crippen molar-refractivity contribution in [2.75, 3.05) is 0 Å². The minimum Gasteiger partial charge on any atom is -0.489 e. The van der Waals surface area contributed by atoms with Gasteiger partial charge in [0.05, 0.1) is 11.1 Å². The molecule has 1 aromatic carbocycles. The van der Waals surface area contributed by atoms with E-state index in [0.29, 0.717) is 16.3 Å². The molecule has 2 nitrogen and oxygen atoms in total. The highest BCUT2D eigenvalue weighted by Crippen LogP contribution is 2.32. The van der Waals surface area contributed by atoms with Gasteiger partial charge in [-0.15, -0.1) is 0 Å². The molecule has 1 aliphatic carbocycles. The molecule has 0 radical (unpaired) electrons. The molecule has 0 heterocycles. The van der Waals surface area contributed by atoms with Crippen molar-refractivity contribution in [1.82, 2.24) is 0 Å². The first-order valence-electron chi connectivity index (χ1n) is 7.07. The zero-order chi connectivity index (χ0) is 13.8. The van der Waals surface area contributed by atoms with Crippen LogP contribution in [-0.2, 0) is 0 Å². The third-order valence-electron chi connectivity index (χ3n) is 3.94. The molecule has 0 spiro atoms. The second-order valence-electron chi connectivity index (χ2n) is 5.38. The maximum absolute atomic E-state index is 11.3. The van der Waals surface area contributed by atoms with Crippen molar-refractivity contribution in [1.29, 1.82) is 0 Å². The Kier molecular flexibility index (Phi) is 4.87. The van der Waals surface area contributed by atoms with Crippen LogP contribution in [0, 0.1) is 5.92 Å². The molecule has 1 aromatic rings. The molecule has 0 bridgehead atoms. The van der Waals surface area contributed by atoms with Crippen LogP contribution in [0.5, 0.6) is 5.75 Å². The topological polar surface area (TPSA) is 26.3 Å². The number of ketones is 1. The third-order valence-corrected chi connectivity index (χ3v) is 4.24. The summed E-state index contributed by atoms with van der Waals surface area (Å²) >= 11 is 6.19. The van der Waals surface area contributed by atoms with E-state index in [0.717, 1.165) is 18.8 Å². The van der Waals surface area contributed by atoms with E-state index in [1.165, 1.54) is 19.3 Å². The van der Waals surface area contributed by atoms with E-state index < -0.39 is 0 Å². The summed E-state index contributed by atoms with van der Waals surface area (Å²) in [4.78, 5) is 11.3. The van der Waals surface area contributed by atoms with Gasteiger partial charge in [0.1, 0.15) is 5.75 Å². The summed E-state index contributed by atoms with van der Waals surface area (Å²) in [6.45, 7) is 3.78. The van der Waals surface area contributed by atoms with Gasteiger partial charge in [-0.05, 0) is 50.3 Å². The number of ether oxygens (including phenoxy) is 1. The minimum absolute atomic E-state index is 0.0252. The number of carbonyl (C=O) groups excluding carboxylic acids is 1. The summed E-state index contributed by atoms with van der Waals surface area (Å²) in [5.41, 5.74) is 0.632. The monoisotopic (exact) mass is 280 g/mol. The second-order valence-corrected chi connectivity index (χ2v) is 5.79. The Balaban J connectivity index is 2.04. The molecule has 2 rings (SSSR count). The average molecular weight is 281 g/mol. The number of hydrogen-bond donors (Lipinski definition) is 0. The summed E-state index contributed by atoms with van der Waals surface area (Å²) in [7, 11) is 0. The van der Waals surface area contributed by atoms with Crippen LogP contribution in [0.15, 0.2) is 18.2 Å². The molecule has 0 aromatic heterocycles. The molecular formula is C16H21ClO2. The van der Waals surface area contributed by atoms with Gasteiger partial charge in [0, 0.05) is 5.56 Å². The molecule has 3 heteroatoms. The highest BCUT2D eigenvalue weighted by Gasteiger charge is 2.22. The fourth-order valence-corrected chi connectivity index (χ4v) is 2.94. The van der Waals surface area contributed by atoms with Crippen molar-refractivity contribution in [3.05, 3.63) is 28.8 Å². The van der Waals surface area contributed by atoms with Gasteiger partial charge in [-0.2, -0.15) is 0 Å². The van der Waals surface area contributed by atoms with Gasteiger partial charge in [0.25, 0.3) is 0 Å². The van der Waals surface area contributed by atoms with Gasteiger partial charge in [-0.3, -0.25) is 4.79 Å². The van der Waals surface area contributed by atoms with E-state index >= 15 is 0 Å². The zero-order valence-corrected chi connectivity index (χ0v) is 12.4. The molecule has 1 fully saturated rings. The van der Waals surface area contributed by atoms with Crippen molar-refractivity contribution < 1.29 is 9.53 Å². The average Bonchev–Trinajstić information content (AvgIpc) is 2.41. The molecule has 0 amide bonds. The number of rotatable bonds is 4. The van der Waals surface area contributed by atoms with Crippen molar-refractivity contribution in [2.45, 2.75) is 52.1 Å². The lowest BCUT2D eigenvalue weighted by atomic mass is 9.85. The standard InChI is InChI=1S/C16H21ClO2/c1-3-12-5-4-6-14(9-12)19-16-8-7-13(11(2)18)10-15(16)17/h7-8,10,12,14H,3-6,9H2,1-2H3. The van der Waals surface area contributed by atoms with E-state index in [4.69, 9.17) is 16.3 Å². The number of hydrogen-bond acceptors (Lipinski definition) is 2. The van der Waals surface area contributed by atoms with Crippen LogP contribution in [0.25, 0.3) is 0 Å². The van der Waals surface area contributed by atoms with Gasteiger partial charge >= 0.3 is 0 Å². The lowest BCUT2D eigenvalue weighted by Crippen LogP contribution is -2.25. The van der Waals surface area contributed by atoms with E-state index in [2.05, 4.69) is 6.92 Å². The lowest BCUT2D eigenvalue weighted by molar-refractivity contribution is 0.101. The van der Waals surface area contributed by atoms with Gasteiger partial charge in [0.2, 0.25) is 0 Å². The van der Waals surface area contributed by atoms with Crippen LogP contribution in [0.1, 0.15) is 56.3 Å². The van der Waals surface area contributed by atoms with Crippen molar-refractivity contribution >= 4 is 17.4 Å². The zero-order valence-electron chi connectivity index (χ0n) is 11.6. The largest absolute Gasteiger partial charge is 0.489 e. The van der Waals surface area contributed by atoms with E-state index in [-0.39, 0.29) is 11.9 Å². The predicted molar refractivity (Wildman–Crippen MR) is 78.1 cm³/mol. The minimum atomic E-state index is 0.0252. The first-order chi connectivity index (χ1) is 9.10. The summed E-state index contributed by atoms with van der Waals surface area (Å²) in [5.74, 6) is 1.50. The molecule has 2 atom stereocenters. The lowest BCUT2D eigenvalue weighted by Gasteiger charge is -2.29. The van der Waals surface area contributed by atoms with Crippen molar-refractivity contribution in [3.8, 4) is 5.75 Å². The SMILES string of the molecule is CCC1CCCC(Oc2ccc(C(C)=O)cc2Cl)C1. The Labute approximate surface area is 120 Å². The van der Waals surface area contributed by atoms with Crippen LogP contribution in [-0.4, -0.2) is 11.9 Å². The molecular weight excluding hydrogens is 260 g/mol. The van der Waals surface area contributed by atoms with Crippen LogP contribution in [0.2, 0.25) is 5.02 Å². The first-order valence-corrected chi connectivity index (χ1v) is 7.45. The van der Waals surface area contributed by atoms with Crippen LogP contribution in [0.4, 0.5) is 0 Å². The normalized spacial score (nSPS) is 23.1. The summed E-state index contributed by atoms with van der Waals surface area (Å²) in [5, 5.41) is 0.534. The van der Waals surface area contributed by atoms with E-state index in [9.17, 15) is 4.79 Å². The molecule has 1 saturated carbocycles. The van der Waals surface area contributed by atoms with E-state index in [1.807, 2.05) is 6.07 Å². The van der Waals surface area contributed by atoms with Crippen LogP contribution in [0.3, 0.4) is 0 Å². The Morgan fingerprint density at radius 1 is 1.42 bits per heavy atom. The van der Waals surface area contributed by atoms with Gasteiger partial charge in [-0.25, -0.2) is 0 Å². The summed E-state index contributed by atoms with van der Waals surface area (Å²) in [6, 6.07) is 5.29. The number of carbonyl (C=O) groups is 1. The quantitative estimate of drug-likeness (QED) is 0.734. The van der Waals surface area contributed by atoms with E-state index in [1.54, 1.807) is 19.1 Å². The molecule has 104 valence electrons. The molecule has 0 saturated heterocycles. The number of benzene rings is 1. The smallest absolute Gasteiger partial charge is 0.159 e. The van der Waals surface area contributed by atoms with Crippen LogP contribution >= 0.6 is 11.6 Å². The third kappa shape index (κ3) is 3.73. The Bertz CT molecular complexity index is 456. The van der Waals surface area contributed by atoms with Gasteiger partial charge in [0.15, 0.2) is 5.78 Å². The highest BCUT2D eigenvalue weighted by atomic mass is 35.5. The fraction of sp³-hybridized carbons (Fsp3) is 0.562. The van der Waals surface area contributed by atoms with Crippen molar-refractivity contribution in [2.24, 2.45) is 5.92 Å². The van der Waals surface area contributed by atoms with Gasteiger partial charge < -0.3 is 4.74 Å². The molecule has 0 N–H and O–H groups in total. The Morgan fingerprint density at radius 2 is 2.21 bits per heavy atom. The summed E-state index contributed by atoms with van der Waals surface area (Å²) in [6.07, 6.45) is 6.23. The summed E-state index contributed by atoms with van der Waals surface area (Å²) < 4.78 is 6.01. The maximum Gasteiger partial charge on any atom is 0.159 e. The van der Waals surface area contributed by atoms with Gasteiger partial charge in [-0.1, -0.05) is 31.4 Å². The molecule has 2 unspecified atom stereocenters. The second kappa shape index (κ2) is 6.42. The molecule has 1 aliphatic rings. The number of Topliss-reactive ketones (excluding diaryl/α,β-unsaturated/α-hetero) is 1. The predicted octanol–water partition coefficient (Wildman–Crippen LogP) is 4.89.